The highest BCUT2D eigenvalue weighted by Crippen LogP contribution is 2.32. The fourth-order valence-corrected chi connectivity index (χ4v) is 3.42. The minimum absolute atomic E-state index is 0.168. The number of hydrogen-bond acceptors (Lipinski definition) is 7. The summed E-state index contributed by atoms with van der Waals surface area (Å²) in [6.07, 6.45) is 1.12. The number of carboxylic acid groups (broad SMARTS) is 1. The lowest BCUT2D eigenvalue weighted by Crippen LogP contribution is -2.11. The Balaban J connectivity index is 2.20. The first-order valence-corrected chi connectivity index (χ1v) is 10.5. The molecule has 0 fully saturated rings. The van der Waals surface area contributed by atoms with E-state index in [1.165, 1.54) is 12.1 Å². The van der Waals surface area contributed by atoms with Gasteiger partial charge in [-0.2, -0.15) is 0 Å². The number of aromatic carboxylic acids is 1. The van der Waals surface area contributed by atoms with E-state index in [0.717, 1.165) is 11.9 Å². The highest BCUT2D eigenvalue weighted by molar-refractivity contribution is 7.90. The van der Waals surface area contributed by atoms with E-state index in [-0.39, 0.29) is 16.4 Å². The molecule has 0 spiro atoms. The maximum Gasteiger partial charge on any atom is 0.358 e. The van der Waals surface area contributed by atoms with Gasteiger partial charge < -0.3 is 15.7 Å². The Labute approximate surface area is 168 Å². The molecular weight excluding hydrogens is 392 g/mol. The van der Waals surface area contributed by atoms with Crippen LogP contribution in [0.4, 0.5) is 11.5 Å². The van der Waals surface area contributed by atoms with E-state index in [9.17, 15) is 18.3 Å². The summed E-state index contributed by atoms with van der Waals surface area (Å²) in [5.41, 5.74) is 8.38. The van der Waals surface area contributed by atoms with Crippen molar-refractivity contribution in [2.45, 2.75) is 4.90 Å². The van der Waals surface area contributed by atoms with Gasteiger partial charge in [-0.25, -0.2) is 23.2 Å². The van der Waals surface area contributed by atoms with E-state index >= 15 is 0 Å². The first kappa shape index (κ1) is 20.3. The van der Waals surface area contributed by atoms with Crippen LogP contribution >= 0.6 is 0 Å². The first-order valence-electron chi connectivity index (χ1n) is 8.57. The summed E-state index contributed by atoms with van der Waals surface area (Å²) in [7, 11) is 0.478. The number of carboxylic acids is 1. The number of sulfone groups is 1. The van der Waals surface area contributed by atoms with E-state index in [1.54, 1.807) is 12.1 Å². The second kappa shape index (κ2) is 7.51. The van der Waals surface area contributed by atoms with Gasteiger partial charge in [0.2, 0.25) is 0 Å². The van der Waals surface area contributed by atoms with Crippen molar-refractivity contribution in [1.29, 1.82) is 0 Å². The van der Waals surface area contributed by atoms with Crippen molar-refractivity contribution in [1.82, 2.24) is 9.97 Å². The average molecular weight is 412 g/mol. The molecule has 9 heteroatoms. The zero-order valence-electron chi connectivity index (χ0n) is 16.1. The van der Waals surface area contributed by atoms with Crippen LogP contribution in [0.5, 0.6) is 0 Å². The highest BCUT2D eigenvalue weighted by atomic mass is 32.2. The highest BCUT2D eigenvalue weighted by Gasteiger charge is 2.20. The summed E-state index contributed by atoms with van der Waals surface area (Å²) in [6, 6.07) is 13.5. The molecule has 0 aliphatic rings. The number of rotatable bonds is 5. The molecule has 0 atom stereocenters. The maximum absolute atomic E-state index is 11.7. The number of nitrogen functional groups attached to an aromatic ring is 1. The van der Waals surface area contributed by atoms with Crippen LogP contribution in [0.1, 0.15) is 10.5 Å². The molecule has 0 saturated heterocycles. The maximum atomic E-state index is 11.7. The molecule has 8 nitrogen and oxygen atoms in total. The van der Waals surface area contributed by atoms with Crippen molar-refractivity contribution in [3.05, 3.63) is 54.2 Å². The third-order valence-electron chi connectivity index (χ3n) is 4.34. The van der Waals surface area contributed by atoms with Gasteiger partial charge in [0.25, 0.3) is 0 Å². The number of carbonyl (C=O) groups is 1. The molecule has 29 heavy (non-hydrogen) atoms. The number of nitrogens with two attached hydrogens (primary N) is 1. The van der Waals surface area contributed by atoms with Crippen molar-refractivity contribution in [3.8, 4) is 22.5 Å². The van der Waals surface area contributed by atoms with E-state index < -0.39 is 15.8 Å². The van der Waals surface area contributed by atoms with Gasteiger partial charge in [-0.05, 0) is 24.3 Å². The van der Waals surface area contributed by atoms with Gasteiger partial charge in [-0.15, -0.1) is 0 Å². The summed E-state index contributed by atoms with van der Waals surface area (Å²) in [4.78, 5) is 22.1. The molecular formula is C20H20N4O4S. The fraction of sp³-hybridized carbons (Fsp3) is 0.150. The molecule has 0 unspecified atom stereocenters. The van der Waals surface area contributed by atoms with Crippen molar-refractivity contribution in [2.24, 2.45) is 0 Å². The van der Waals surface area contributed by atoms with Gasteiger partial charge in [0, 0.05) is 37.2 Å². The van der Waals surface area contributed by atoms with Crippen LogP contribution in [-0.4, -0.2) is 49.8 Å². The van der Waals surface area contributed by atoms with Gasteiger partial charge in [0.15, 0.2) is 21.3 Å². The zero-order valence-corrected chi connectivity index (χ0v) is 16.9. The Hall–Kier alpha value is -3.46. The Bertz CT molecular complexity index is 1170. The summed E-state index contributed by atoms with van der Waals surface area (Å²) in [5, 5.41) is 9.39. The van der Waals surface area contributed by atoms with Crippen molar-refractivity contribution >= 4 is 27.3 Å². The second-order valence-electron chi connectivity index (χ2n) is 6.70. The van der Waals surface area contributed by atoms with Gasteiger partial charge in [-0.3, -0.25) is 0 Å². The predicted octanol–water partition coefficient (Wildman–Crippen LogP) is 2.56. The molecule has 0 amide bonds. The molecule has 150 valence electrons. The quantitative estimate of drug-likeness (QED) is 0.655. The van der Waals surface area contributed by atoms with Crippen LogP contribution in [0.15, 0.2) is 53.4 Å². The van der Waals surface area contributed by atoms with Crippen LogP contribution in [0.25, 0.3) is 22.5 Å². The molecule has 0 saturated carbocycles. The third kappa shape index (κ3) is 4.19. The van der Waals surface area contributed by atoms with Crippen molar-refractivity contribution in [2.75, 3.05) is 31.0 Å². The SMILES string of the molecule is CN(C)c1ccc(-c2nc(C(=O)O)c(N)nc2-c2ccc(S(C)(=O)=O)cc2)cc1. The molecule has 0 aliphatic carbocycles. The molecule has 0 bridgehead atoms. The molecule has 3 rings (SSSR count). The monoisotopic (exact) mass is 412 g/mol. The normalized spacial score (nSPS) is 11.3. The molecule has 1 aromatic heterocycles. The number of benzene rings is 2. The fourth-order valence-electron chi connectivity index (χ4n) is 2.79. The number of nitrogens with zero attached hydrogens (tertiary/aromatic N) is 3. The molecule has 3 N–H and O–H groups in total. The summed E-state index contributed by atoms with van der Waals surface area (Å²) >= 11 is 0. The van der Waals surface area contributed by atoms with Crippen molar-refractivity contribution in [3.63, 3.8) is 0 Å². The predicted molar refractivity (Wildman–Crippen MR) is 112 cm³/mol. The average Bonchev–Trinajstić information content (AvgIpc) is 2.67. The molecule has 0 radical (unpaired) electrons. The van der Waals surface area contributed by atoms with Gasteiger partial charge in [-0.1, -0.05) is 24.3 Å². The summed E-state index contributed by atoms with van der Waals surface area (Å²) in [6.45, 7) is 0. The lowest BCUT2D eigenvalue weighted by Gasteiger charge is -2.14. The molecule has 3 aromatic rings. The van der Waals surface area contributed by atoms with Crippen molar-refractivity contribution < 1.29 is 18.3 Å². The summed E-state index contributed by atoms with van der Waals surface area (Å²) in [5.74, 6) is -1.49. The zero-order chi connectivity index (χ0) is 21.3. The Kier molecular flexibility index (Phi) is 5.25. The van der Waals surface area contributed by atoms with Crippen LogP contribution < -0.4 is 10.6 Å². The lowest BCUT2D eigenvalue weighted by molar-refractivity contribution is 0.0691. The van der Waals surface area contributed by atoms with E-state index in [0.29, 0.717) is 22.5 Å². The molecule has 0 aliphatic heterocycles. The molecule has 2 aromatic carbocycles. The summed E-state index contributed by atoms with van der Waals surface area (Å²) < 4.78 is 23.4. The lowest BCUT2D eigenvalue weighted by atomic mass is 10.0. The Morgan fingerprint density at radius 3 is 1.86 bits per heavy atom. The van der Waals surface area contributed by atoms with Crippen LogP contribution in [-0.2, 0) is 9.84 Å². The Morgan fingerprint density at radius 1 is 0.931 bits per heavy atom. The van der Waals surface area contributed by atoms with Crippen LogP contribution in [0.3, 0.4) is 0 Å². The largest absolute Gasteiger partial charge is 0.476 e. The molecule has 1 heterocycles. The van der Waals surface area contributed by atoms with E-state index in [1.807, 2.05) is 43.3 Å². The first-order chi connectivity index (χ1) is 13.6. The van der Waals surface area contributed by atoms with Gasteiger partial charge >= 0.3 is 5.97 Å². The standard InChI is InChI=1S/C20H20N4O4S/c1-24(2)14-8-4-12(5-9-14)16-17(23-19(21)18(22-16)20(25)26)13-6-10-15(11-7-13)29(3,27)28/h4-11H,1-3H3,(H2,21,23)(H,25,26). The van der Waals surface area contributed by atoms with Gasteiger partial charge in [0.05, 0.1) is 16.3 Å². The Morgan fingerprint density at radius 2 is 1.41 bits per heavy atom. The van der Waals surface area contributed by atoms with E-state index in [4.69, 9.17) is 5.73 Å². The van der Waals surface area contributed by atoms with Crippen LogP contribution in [0, 0.1) is 0 Å². The number of anilines is 2. The second-order valence-corrected chi connectivity index (χ2v) is 8.71. The number of hydrogen-bond donors (Lipinski definition) is 2. The van der Waals surface area contributed by atoms with Crippen LogP contribution in [0.2, 0.25) is 0 Å². The minimum atomic E-state index is -3.35. The smallest absolute Gasteiger partial charge is 0.358 e. The number of aromatic nitrogens is 2. The topological polar surface area (TPSA) is 126 Å². The third-order valence-corrected chi connectivity index (χ3v) is 5.47. The minimum Gasteiger partial charge on any atom is -0.476 e. The van der Waals surface area contributed by atoms with E-state index in [2.05, 4.69) is 9.97 Å². The van der Waals surface area contributed by atoms with Gasteiger partial charge in [0.1, 0.15) is 0 Å².